The third-order valence-corrected chi connectivity index (χ3v) is 5.00. The SMILES string of the molecule is CCC(=O)N(N)c1cccc2oc(C(N)=O)c(C3CCCCC3)c(=O)c12. The van der Waals surface area contributed by atoms with E-state index in [9.17, 15) is 14.4 Å². The predicted octanol–water partition coefficient (Wildman–Crippen LogP) is 2.56. The van der Waals surface area contributed by atoms with Crippen molar-refractivity contribution in [2.75, 3.05) is 5.01 Å². The highest BCUT2D eigenvalue weighted by atomic mass is 16.3. The molecule has 1 aliphatic rings. The lowest BCUT2D eigenvalue weighted by Crippen LogP contribution is -2.38. The summed E-state index contributed by atoms with van der Waals surface area (Å²) in [5.74, 6) is 4.68. The molecule has 2 amide bonds. The molecule has 0 radical (unpaired) electrons. The summed E-state index contributed by atoms with van der Waals surface area (Å²) >= 11 is 0. The van der Waals surface area contributed by atoms with Crippen LogP contribution < -0.4 is 22.0 Å². The molecule has 3 rings (SSSR count). The number of carbonyl (C=O) groups is 2. The van der Waals surface area contributed by atoms with Crippen LogP contribution in [0.5, 0.6) is 0 Å². The number of benzene rings is 1. The lowest BCUT2D eigenvalue weighted by molar-refractivity contribution is -0.118. The molecule has 4 N–H and O–H groups in total. The number of primary amides is 1. The number of hydrogen-bond acceptors (Lipinski definition) is 5. The number of amides is 2. The molecule has 2 aromatic rings. The molecule has 0 saturated heterocycles. The molecule has 1 aromatic carbocycles. The molecular formula is C19H23N3O4. The fourth-order valence-corrected chi connectivity index (χ4v) is 3.69. The summed E-state index contributed by atoms with van der Waals surface area (Å²) in [6.07, 6.45) is 4.89. The molecule has 1 aromatic heterocycles. The first kappa shape index (κ1) is 18.1. The van der Waals surface area contributed by atoms with Crippen molar-refractivity contribution in [1.29, 1.82) is 0 Å². The zero-order chi connectivity index (χ0) is 18.8. The number of anilines is 1. The summed E-state index contributed by atoms with van der Waals surface area (Å²) in [6, 6.07) is 4.79. The Morgan fingerprint density at radius 3 is 2.54 bits per heavy atom. The minimum Gasteiger partial charge on any atom is -0.450 e. The van der Waals surface area contributed by atoms with Crippen LogP contribution in [0.2, 0.25) is 0 Å². The Labute approximate surface area is 150 Å². The standard InChI is InChI=1S/C19H23N3O4/c1-2-14(23)22(21)12-9-6-10-13-16(12)17(24)15(18(26-13)19(20)25)11-7-4-3-5-8-11/h6,9-11H,2-5,7-8,21H2,1H3,(H2,20,25). The highest BCUT2D eigenvalue weighted by Crippen LogP contribution is 2.35. The van der Waals surface area contributed by atoms with E-state index in [2.05, 4.69) is 0 Å². The number of nitrogens with two attached hydrogens (primary N) is 2. The Kier molecular flexibility index (Phi) is 5.08. The Morgan fingerprint density at radius 2 is 1.92 bits per heavy atom. The predicted molar refractivity (Wildman–Crippen MR) is 98.8 cm³/mol. The molecule has 7 heteroatoms. The molecule has 0 atom stereocenters. The summed E-state index contributed by atoms with van der Waals surface area (Å²) in [4.78, 5) is 37.3. The van der Waals surface area contributed by atoms with Gasteiger partial charge in [0.15, 0.2) is 11.2 Å². The first-order chi connectivity index (χ1) is 12.5. The molecule has 26 heavy (non-hydrogen) atoms. The largest absolute Gasteiger partial charge is 0.450 e. The summed E-state index contributed by atoms with van der Waals surface area (Å²) in [7, 11) is 0. The van der Waals surface area contributed by atoms with Crippen molar-refractivity contribution in [2.45, 2.75) is 51.4 Å². The first-order valence-corrected chi connectivity index (χ1v) is 8.92. The van der Waals surface area contributed by atoms with Gasteiger partial charge in [0.05, 0.1) is 16.6 Å². The zero-order valence-electron chi connectivity index (χ0n) is 14.8. The molecule has 0 unspecified atom stereocenters. The van der Waals surface area contributed by atoms with Crippen molar-refractivity contribution >= 4 is 28.5 Å². The van der Waals surface area contributed by atoms with Gasteiger partial charge in [0.2, 0.25) is 5.91 Å². The maximum Gasteiger partial charge on any atom is 0.284 e. The van der Waals surface area contributed by atoms with Gasteiger partial charge in [-0.3, -0.25) is 14.4 Å². The molecule has 1 saturated carbocycles. The minimum absolute atomic E-state index is 0.0759. The van der Waals surface area contributed by atoms with Gasteiger partial charge in [-0.15, -0.1) is 0 Å². The highest BCUT2D eigenvalue weighted by Gasteiger charge is 2.28. The van der Waals surface area contributed by atoms with Crippen molar-refractivity contribution in [3.8, 4) is 0 Å². The Hall–Kier alpha value is -2.67. The third kappa shape index (κ3) is 3.10. The molecular weight excluding hydrogens is 334 g/mol. The van der Waals surface area contributed by atoms with Crippen molar-refractivity contribution in [2.24, 2.45) is 11.6 Å². The number of carbonyl (C=O) groups excluding carboxylic acids is 2. The topological polar surface area (TPSA) is 120 Å². The summed E-state index contributed by atoms with van der Waals surface area (Å²) in [5, 5.41) is 1.18. The van der Waals surface area contributed by atoms with Crippen LogP contribution in [-0.2, 0) is 4.79 Å². The van der Waals surface area contributed by atoms with Gasteiger partial charge < -0.3 is 10.2 Å². The molecule has 1 aliphatic carbocycles. The number of fused-ring (bicyclic) bond motifs is 1. The van der Waals surface area contributed by atoms with E-state index in [4.69, 9.17) is 16.0 Å². The summed E-state index contributed by atoms with van der Waals surface area (Å²) in [5.41, 5.74) is 5.94. The Balaban J connectivity index is 2.30. The van der Waals surface area contributed by atoms with E-state index in [1.54, 1.807) is 25.1 Å². The van der Waals surface area contributed by atoms with Crippen LogP contribution in [0.1, 0.15) is 67.5 Å². The van der Waals surface area contributed by atoms with Crippen molar-refractivity contribution < 1.29 is 14.0 Å². The zero-order valence-corrected chi connectivity index (χ0v) is 14.8. The van der Waals surface area contributed by atoms with Crippen LogP contribution in [0.4, 0.5) is 5.69 Å². The molecule has 0 aliphatic heterocycles. The molecule has 1 heterocycles. The lowest BCUT2D eigenvalue weighted by Gasteiger charge is -2.23. The van der Waals surface area contributed by atoms with Gasteiger partial charge in [0.25, 0.3) is 5.91 Å². The fraction of sp³-hybridized carbons (Fsp3) is 0.421. The molecule has 1 fully saturated rings. The van der Waals surface area contributed by atoms with E-state index in [1.807, 2.05) is 0 Å². The number of rotatable bonds is 4. The molecule has 0 spiro atoms. The van der Waals surface area contributed by atoms with E-state index in [1.165, 1.54) is 0 Å². The second kappa shape index (κ2) is 7.29. The summed E-state index contributed by atoms with van der Waals surface area (Å²) in [6.45, 7) is 1.69. The van der Waals surface area contributed by atoms with Gasteiger partial charge >= 0.3 is 0 Å². The third-order valence-electron chi connectivity index (χ3n) is 5.00. The van der Waals surface area contributed by atoms with Crippen LogP contribution in [0.15, 0.2) is 27.4 Å². The monoisotopic (exact) mass is 357 g/mol. The Morgan fingerprint density at radius 1 is 1.23 bits per heavy atom. The van der Waals surface area contributed by atoms with Gasteiger partial charge in [-0.25, -0.2) is 10.9 Å². The highest BCUT2D eigenvalue weighted by molar-refractivity contribution is 6.02. The quantitative estimate of drug-likeness (QED) is 0.495. The first-order valence-electron chi connectivity index (χ1n) is 8.92. The molecule has 0 bridgehead atoms. The van der Waals surface area contributed by atoms with Gasteiger partial charge in [-0.1, -0.05) is 32.3 Å². The maximum absolute atomic E-state index is 13.3. The number of hydrogen-bond donors (Lipinski definition) is 2. The van der Waals surface area contributed by atoms with Crippen LogP contribution in [-0.4, -0.2) is 11.8 Å². The van der Waals surface area contributed by atoms with E-state index < -0.39 is 5.91 Å². The average molecular weight is 357 g/mol. The van der Waals surface area contributed by atoms with Gasteiger partial charge in [0.1, 0.15) is 5.58 Å². The second-order valence-corrected chi connectivity index (χ2v) is 6.64. The van der Waals surface area contributed by atoms with Crippen LogP contribution >= 0.6 is 0 Å². The smallest absolute Gasteiger partial charge is 0.284 e. The number of nitrogens with zero attached hydrogens (tertiary/aromatic N) is 1. The number of hydrazine groups is 1. The van der Waals surface area contributed by atoms with Gasteiger partial charge in [-0.05, 0) is 30.9 Å². The van der Waals surface area contributed by atoms with Gasteiger partial charge in [-0.2, -0.15) is 0 Å². The van der Waals surface area contributed by atoms with E-state index in [-0.39, 0.29) is 46.1 Å². The maximum atomic E-state index is 13.3. The minimum atomic E-state index is -0.760. The van der Waals surface area contributed by atoms with Gasteiger partial charge in [0, 0.05) is 6.42 Å². The van der Waals surface area contributed by atoms with E-state index >= 15 is 0 Å². The van der Waals surface area contributed by atoms with Crippen molar-refractivity contribution in [3.63, 3.8) is 0 Å². The van der Waals surface area contributed by atoms with E-state index in [0.717, 1.165) is 37.1 Å². The second-order valence-electron chi connectivity index (χ2n) is 6.64. The fourth-order valence-electron chi connectivity index (χ4n) is 3.69. The summed E-state index contributed by atoms with van der Waals surface area (Å²) < 4.78 is 5.72. The van der Waals surface area contributed by atoms with Crippen LogP contribution in [0.25, 0.3) is 11.0 Å². The van der Waals surface area contributed by atoms with Crippen LogP contribution in [0.3, 0.4) is 0 Å². The van der Waals surface area contributed by atoms with Crippen molar-refractivity contribution in [1.82, 2.24) is 0 Å². The van der Waals surface area contributed by atoms with Crippen molar-refractivity contribution in [3.05, 3.63) is 39.7 Å². The van der Waals surface area contributed by atoms with E-state index in [0.29, 0.717) is 5.56 Å². The van der Waals surface area contributed by atoms with Crippen LogP contribution in [0, 0.1) is 0 Å². The average Bonchev–Trinajstić information content (AvgIpc) is 2.66. The normalized spacial score (nSPS) is 15.2. The lowest BCUT2D eigenvalue weighted by atomic mass is 9.83. The molecule has 7 nitrogen and oxygen atoms in total. The Bertz CT molecular complexity index is 913. The molecule has 138 valence electrons.